The molecule has 1 N–H and O–H groups in total. The van der Waals surface area contributed by atoms with Crippen LogP contribution in [0.5, 0.6) is 5.75 Å². The van der Waals surface area contributed by atoms with Gasteiger partial charge in [0.2, 0.25) is 0 Å². The lowest BCUT2D eigenvalue weighted by Crippen LogP contribution is -2.13. The van der Waals surface area contributed by atoms with Gasteiger partial charge in [-0.1, -0.05) is 56.7 Å². The predicted octanol–water partition coefficient (Wildman–Crippen LogP) is 8.15. The van der Waals surface area contributed by atoms with Crippen molar-refractivity contribution in [1.82, 2.24) is 0 Å². The molecule has 0 bridgehead atoms. The van der Waals surface area contributed by atoms with E-state index in [0.717, 1.165) is 21.8 Å². The van der Waals surface area contributed by atoms with Gasteiger partial charge in [-0.2, -0.15) is 5.26 Å². The molecule has 0 aliphatic heterocycles. The van der Waals surface area contributed by atoms with E-state index in [2.05, 4.69) is 44.1 Å². The number of carbonyl (C=O) groups is 1. The molecular formula is C24H25Br2ClN2O2. The molecule has 31 heavy (non-hydrogen) atoms. The lowest BCUT2D eigenvalue weighted by molar-refractivity contribution is -0.112. The fraction of sp³-hybridized carbons (Fsp3) is 0.333. The van der Waals surface area contributed by atoms with Crippen LogP contribution in [0, 0.1) is 11.3 Å². The van der Waals surface area contributed by atoms with Gasteiger partial charge in [-0.3, -0.25) is 4.79 Å². The Kier molecular flexibility index (Phi) is 11.1. The average Bonchev–Trinajstić information content (AvgIpc) is 2.73. The third-order valence-corrected chi connectivity index (χ3v) is 5.94. The molecule has 1 amide bonds. The second kappa shape index (κ2) is 13.6. The standard InChI is InChI=1S/C24H25Br2ClN2O2/c1-2-3-4-5-6-7-11-31-23-21(25)13-17(14-22(23)26)12-18(16-28)24(30)29-20-10-8-9-19(27)15-20/h8-10,12-15H,2-7,11H2,1H3,(H,29,30)/b18-12-. The minimum Gasteiger partial charge on any atom is -0.491 e. The van der Waals surface area contributed by atoms with E-state index >= 15 is 0 Å². The zero-order valence-corrected chi connectivity index (χ0v) is 21.3. The fourth-order valence-corrected chi connectivity index (χ4v) is 4.58. The predicted molar refractivity (Wildman–Crippen MR) is 134 cm³/mol. The number of unbranched alkanes of at least 4 members (excludes halogenated alkanes) is 5. The second-order valence-corrected chi connectivity index (χ2v) is 9.21. The van der Waals surface area contributed by atoms with E-state index < -0.39 is 5.91 Å². The highest BCUT2D eigenvalue weighted by Gasteiger charge is 2.13. The van der Waals surface area contributed by atoms with Crippen molar-refractivity contribution >= 4 is 61.1 Å². The van der Waals surface area contributed by atoms with Crippen molar-refractivity contribution in [2.24, 2.45) is 0 Å². The van der Waals surface area contributed by atoms with Crippen LogP contribution in [-0.4, -0.2) is 12.5 Å². The minimum absolute atomic E-state index is 0.0143. The molecule has 0 aliphatic carbocycles. The van der Waals surface area contributed by atoms with Crippen molar-refractivity contribution < 1.29 is 9.53 Å². The highest BCUT2D eigenvalue weighted by atomic mass is 79.9. The monoisotopic (exact) mass is 566 g/mol. The van der Waals surface area contributed by atoms with Crippen LogP contribution >= 0.6 is 43.5 Å². The Labute approximate surface area is 205 Å². The molecule has 2 aromatic rings. The van der Waals surface area contributed by atoms with Crippen LogP contribution in [-0.2, 0) is 4.79 Å². The maximum atomic E-state index is 12.5. The Hall–Kier alpha value is -1.81. The summed E-state index contributed by atoms with van der Waals surface area (Å²) in [5.41, 5.74) is 1.21. The summed E-state index contributed by atoms with van der Waals surface area (Å²) >= 11 is 13.0. The number of nitrogens with zero attached hydrogens (tertiary/aromatic N) is 1. The lowest BCUT2D eigenvalue weighted by atomic mass is 10.1. The number of nitriles is 1. The number of amides is 1. The Balaban J connectivity index is 2.02. The number of nitrogens with one attached hydrogen (secondary N) is 1. The Morgan fingerprint density at radius 3 is 2.45 bits per heavy atom. The van der Waals surface area contributed by atoms with Crippen LogP contribution < -0.4 is 10.1 Å². The first kappa shape index (κ1) is 25.5. The molecule has 0 spiro atoms. The van der Waals surface area contributed by atoms with Gasteiger partial charge in [-0.05, 0) is 80.3 Å². The summed E-state index contributed by atoms with van der Waals surface area (Å²) in [5.74, 6) is 0.216. The van der Waals surface area contributed by atoms with Crippen LogP contribution in [0.3, 0.4) is 0 Å². The lowest BCUT2D eigenvalue weighted by Gasteiger charge is -2.12. The smallest absolute Gasteiger partial charge is 0.266 e. The Morgan fingerprint density at radius 2 is 1.81 bits per heavy atom. The quantitative estimate of drug-likeness (QED) is 0.169. The number of rotatable bonds is 11. The number of hydrogen-bond donors (Lipinski definition) is 1. The molecule has 0 radical (unpaired) electrons. The molecular weight excluding hydrogens is 544 g/mol. The van der Waals surface area contributed by atoms with Crippen molar-refractivity contribution in [3.05, 3.63) is 61.5 Å². The molecule has 7 heteroatoms. The Morgan fingerprint density at radius 1 is 1.13 bits per heavy atom. The minimum atomic E-state index is -0.500. The molecule has 4 nitrogen and oxygen atoms in total. The molecule has 0 saturated carbocycles. The number of ether oxygens (including phenoxy) is 1. The van der Waals surface area contributed by atoms with Crippen LogP contribution in [0.1, 0.15) is 51.0 Å². The first-order chi connectivity index (χ1) is 14.9. The van der Waals surface area contributed by atoms with Crippen molar-refractivity contribution in [3.8, 4) is 11.8 Å². The van der Waals surface area contributed by atoms with Gasteiger partial charge >= 0.3 is 0 Å². The number of halogens is 3. The summed E-state index contributed by atoms with van der Waals surface area (Å²) in [4.78, 5) is 12.5. The molecule has 0 unspecified atom stereocenters. The van der Waals surface area contributed by atoms with E-state index in [1.807, 2.05) is 18.2 Å². The summed E-state index contributed by atoms with van der Waals surface area (Å²) in [6.07, 6.45) is 8.74. The van der Waals surface area contributed by atoms with Crippen molar-refractivity contribution in [2.75, 3.05) is 11.9 Å². The highest BCUT2D eigenvalue weighted by molar-refractivity contribution is 9.11. The summed E-state index contributed by atoms with van der Waals surface area (Å²) in [6, 6.07) is 12.4. The van der Waals surface area contributed by atoms with Gasteiger partial charge in [0.15, 0.2) is 0 Å². The molecule has 0 saturated heterocycles. The first-order valence-electron chi connectivity index (χ1n) is 10.2. The third-order valence-electron chi connectivity index (χ3n) is 4.52. The molecule has 2 aromatic carbocycles. The largest absolute Gasteiger partial charge is 0.491 e. The number of carbonyl (C=O) groups excluding carboxylic acids is 1. The van der Waals surface area contributed by atoms with Gasteiger partial charge < -0.3 is 10.1 Å². The third kappa shape index (κ3) is 8.68. The zero-order valence-electron chi connectivity index (χ0n) is 17.4. The average molecular weight is 569 g/mol. The maximum Gasteiger partial charge on any atom is 0.266 e. The van der Waals surface area contributed by atoms with E-state index in [0.29, 0.717) is 28.6 Å². The Bertz CT molecular complexity index is 947. The summed E-state index contributed by atoms with van der Waals surface area (Å²) < 4.78 is 7.44. The molecule has 0 aliphatic rings. The first-order valence-corrected chi connectivity index (χ1v) is 12.2. The number of anilines is 1. The van der Waals surface area contributed by atoms with E-state index in [9.17, 15) is 10.1 Å². The SMILES string of the molecule is CCCCCCCCOc1c(Br)cc(/C=C(/C#N)C(=O)Nc2cccc(Cl)c2)cc1Br. The maximum absolute atomic E-state index is 12.5. The normalized spacial score (nSPS) is 11.1. The van der Waals surface area contributed by atoms with Gasteiger partial charge in [0, 0.05) is 10.7 Å². The zero-order chi connectivity index (χ0) is 22.6. The molecule has 164 valence electrons. The van der Waals surface area contributed by atoms with E-state index in [4.69, 9.17) is 16.3 Å². The van der Waals surface area contributed by atoms with Crippen molar-refractivity contribution in [1.29, 1.82) is 5.26 Å². The van der Waals surface area contributed by atoms with Gasteiger partial charge in [-0.25, -0.2) is 0 Å². The highest BCUT2D eigenvalue weighted by Crippen LogP contribution is 2.35. The van der Waals surface area contributed by atoms with Gasteiger partial charge in [0.1, 0.15) is 17.4 Å². The van der Waals surface area contributed by atoms with Crippen LogP contribution in [0.4, 0.5) is 5.69 Å². The molecule has 0 heterocycles. The molecule has 0 fully saturated rings. The second-order valence-electron chi connectivity index (χ2n) is 7.06. The molecule has 2 rings (SSSR count). The van der Waals surface area contributed by atoms with E-state index in [1.54, 1.807) is 24.3 Å². The van der Waals surface area contributed by atoms with Crippen LogP contribution in [0.15, 0.2) is 50.9 Å². The van der Waals surface area contributed by atoms with Crippen LogP contribution in [0.2, 0.25) is 5.02 Å². The van der Waals surface area contributed by atoms with Crippen molar-refractivity contribution in [3.63, 3.8) is 0 Å². The molecule has 0 aromatic heterocycles. The summed E-state index contributed by atoms with van der Waals surface area (Å²) in [7, 11) is 0. The summed E-state index contributed by atoms with van der Waals surface area (Å²) in [6.45, 7) is 2.85. The van der Waals surface area contributed by atoms with E-state index in [1.165, 1.54) is 31.8 Å². The van der Waals surface area contributed by atoms with Gasteiger partial charge in [0.05, 0.1) is 15.6 Å². The van der Waals surface area contributed by atoms with Crippen molar-refractivity contribution in [2.45, 2.75) is 45.4 Å². The topological polar surface area (TPSA) is 62.1 Å². The number of hydrogen-bond acceptors (Lipinski definition) is 3. The van der Waals surface area contributed by atoms with E-state index in [-0.39, 0.29) is 5.57 Å². The fourth-order valence-electron chi connectivity index (χ4n) is 2.94. The van der Waals surface area contributed by atoms with Gasteiger partial charge in [-0.15, -0.1) is 0 Å². The summed E-state index contributed by atoms with van der Waals surface area (Å²) in [5, 5.41) is 12.6. The van der Waals surface area contributed by atoms with Gasteiger partial charge in [0.25, 0.3) is 5.91 Å². The van der Waals surface area contributed by atoms with Crippen LogP contribution in [0.25, 0.3) is 6.08 Å². The molecule has 0 atom stereocenters. The number of benzene rings is 2.